The highest BCUT2D eigenvalue weighted by Gasteiger charge is 2.59. The Kier molecular flexibility index (Phi) is 27.4. The van der Waals surface area contributed by atoms with E-state index in [1.54, 1.807) is 22.3 Å². The second-order valence-corrected chi connectivity index (χ2v) is 32.7. The summed E-state index contributed by atoms with van der Waals surface area (Å²) in [4.78, 5) is 0. The maximum absolute atomic E-state index is 4.18. The summed E-state index contributed by atoms with van der Waals surface area (Å²) in [6.07, 6.45) is 59.3. The van der Waals surface area contributed by atoms with Gasteiger partial charge < -0.3 is 0 Å². The van der Waals surface area contributed by atoms with Crippen LogP contribution in [0.3, 0.4) is 0 Å². The zero-order valence-corrected chi connectivity index (χ0v) is 63.9. The second-order valence-electron chi connectivity index (χ2n) is 30.9. The van der Waals surface area contributed by atoms with Crippen LogP contribution in [0.5, 0.6) is 0 Å². The summed E-state index contributed by atoms with van der Waals surface area (Å²) >= 11 is 8.36. The summed E-state index contributed by atoms with van der Waals surface area (Å²) in [6.45, 7) is 9.35. The minimum absolute atomic E-state index is 0.0723. The van der Waals surface area contributed by atoms with E-state index in [2.05, 4.69) is 205 Å². The molecule has 7 aromatic rings. The third-order valence-electron chi connectivity index (χ3n) is 24.5. The first-order chi connectivity index (χ1) is 47.4. The van der Waals surface area contributed by atoms with E-state index in [9.17, 15) is 0 Å². The zero-order valence-electron chi connectivity index (χ0n) is 60.7. The first-order valence-corrected chi connectivity index (χ1v) is 42.1. The average molecular weight is 1410 g/mol. The zero-order chi connectivity index (χ0) is 66.5. The van der Waals surface area contributed by atoms with Gasteiger partial charge in [0.2, 0.25) is 0 Å². The van der Waals surface area contributed by atoms with Crippen LogP contribution in [0.2, 0.25) is 0 Å². The van der Waals surface area contributed by atoms with E-state index >= 15 is 0 Å². The van der Waals surface area contributed by atoms with Crippen molar-refractivity contribution in [2.45, 2.75) is 332 Å². The van der Waals surface area contributed by atoms with E-state index in [0.717, 1.165) is 8.95 Å². The number of rotatable bonds is 44. The quantitative estimate of drug-likeness (QED) is 0.0334. The standard InChI is InChI=1S/C94H124Br2/c1-5-9-13-17-21-25-29-33-37-49-65-91(66-50-38-34-30-26-22-18-14-10-6-2)79-53-41-45-57-83(79)93(84-58-46-42-54-80(84)91)87-69-73(95)61-63-75(87)77-72-90-78(71-89(77)93)76-64-62-74(96)70-88(76)94(90)85-59-47-43-55-81(85)92(82-56-44-48-60-86(82)94,67-51-39-35-31-27-23-19-15-11-7-3)68-52-40-36-32-28-24-20-16-12-8-4/h41-48,53-64,69-72H,5-40,49-52,65-68H2,1-4H3. The van der Waals surface area contributed by atoms with Gasteiger partial charge in [0.15, 0.2) is 0 Å². The van der Waals surface area contributed by atoms with Crippen molar-refractivity contribution in [3.63, 3.8) is 0 Å². The molecule has 4 aliphatic rings. The van der Waals surface area contributed by atoms with Crippen LogP contribution < -0.4 is 0 Å². The topological polar surface area (TPSA) is 0 Å². The summed E-state index contributed by atoms with van der Waals surface area (Å²) in [6, 6.07) is 60.5. The van der Waals surface area contributed by atoms with E-state index in [0.29, 0.717) is 0 Å². The molecule has 0 amide bonds. The number of hydrogen-bond donors (Lipinski definition) is 0. The highest BCUT2D eigenvalue weighted by atomic mass is 79.9. The summed E-state index contributed by atoms with van der Waals surface area (Å²) < 4.78 is 2.32. The van der Waals surface area contributed by atoms with Gasteiger partial charge >= 0.3 is 0 Å². The molecular weight excluding hydrogens is 1290 g/mol. The molecule has 4 aliphatic carbocycles. The van der Waals surface area contributed by atoms with E-state index in [-0.39, 0.29) is 10.8 Å². The van der Waals surface area contributed by atoms with Crippen molar-refractivity contribution in [1.82, 2.24) is 0 Å². The summed E-state index contributed by atoms with van der Waals surface area (Å²) in [7, 11) is 0. The van der Waals surface area contributed by atoms with Crippen molar-refractivity contribution >= 4 is 31.9 Å². The Labute approximate surface area is 602 Å². The first-order valence-electron chi connectivity index (χ1n) is 40.6. The van der Waals surface area contributed by atoms with Gasteiger partial charge in [-0.25, -0.2) is 0 Å². The fourth-order valence-corrected chi connectivity index (χ4v) is 20.4. The van der Waals surface area contributed by atoms with Gasteiger partial charge in [-0.05, 0) is 151 Å². The van der Waals surface area contributed by atoms with Gasteiger partial charge in [-0.2, -0.15) is 0 Å². The molecule has 0 saturated heterocycles. The largest absolute Gasteiger partial charge is 0.0720 e. The molecule has 0 saturated carbocycles. The van der Waals surface area contributed by atoms with Gasteiger partial charge in [-0.15, -0.1) is 0 Å². The highest BCUT2D eigenvalue weighted by Crippen LogP contribution is 2.69. The highest BCUT2D eigenvalue weighted by molar-refractivity contribution is 9.10. The van der Waals surface area contributed by atoms with Crippen LogP contribution in [0.15, 0.2) is 155 Å². The Hall–Kier alpha value is -4.50. The molecule has 2 spiro atoms. The monoisotopic (exact) mass is 1410 g/mol. The second kappa shape index (κ2) is 36.2. The molecule has 0 aliphatic heterocycles. The van der Waals surface area contributed by atoms with Crippen LogP contribution in [0, 0.1) is 0 Å². The number of halogens is 2. The normalized spacial score (nSPS) is 15.1. The lowest BCUT2D eigenvalue weighted by atomic mass is 9.52. The number of benzene rings is 7. The summed E-state index contributed by atoms with van der Waals surface area (Å²) in [5.41, 5.74) is 22.6. The lowest BCUT2D eigenvalue weighted by Crippen LogP contribution is -2.44. The SMILES string of the molecule is CCCCCCCCCCCCC1(CCCCCCCCCCCC)c2ccccc2C2(c3cc(Br)ccc3-c3cc4c(cc32)-c2ccc(Br)cc2C42c3ccccc3C(CCCCCCCCCCCC)(CCCCCCCCCCCC)c3ccccc32)c2ccccc21. The molecule has 96 heavy (non-hydrogen) atoms. The Balaban J connectivity index is 1.01. The number of hydrogen-bond acceptors (Lipinski definition) is 0. The molecule has 0 nitrogen and oxygen atoms in total. The minimum atomic E-state index is -0.511. The van der Waals surface area contributed by atoms with Crippen LogP contribution >= 0.6 is 31.9 Å². The molecular formula is C94H124Br2. The molecule has 0 aromatic heterocycles. The Morgan fingerprint density at radius 2 is 0.396 bits per heavy atom. The van der Waals surface area contributed by atoms with Crippen LogP contribution in [0.1, 0.15) is 377 Å². The predicted molar refractivity (Wildman–Crippen MR) is 424 cm³/mol. The fourth-order valence-electron chi connectivity index (χ4n) is 19.7. The molecule has 0 heterocycles. The van der Waals surface area contributed by atoms with E-state index in [4.69, 9.17) is 0 Å². The Morgan fingerprint density at radius 1 is 0.198 bits per heavy atom. The lowest BCUT2D eigenvalue weighted by Gasteiger charge is -2.50. The third-order valence-corrected chi connectivity index (χ3v) is 25.5. The van der Waals surface area contributed by atoms with Crippen molar-refractivity contribution in [3.8, 4) is 22.3 Å². The van der Waals surface area contributed by atoms with Gasteiger partial charge in [-0.3, -0.25) is 0 Å². The number of fused-ring (bicyclic) bond motifs is 18. The van der Waals surface area contributed by atoms with E-state index < -0.39 is 10.8 Å². The molecule has 0 radical (unpaired) electrons. The van der Waals surface area contributed by atoms with Crippen LogP contribution in [-0.2, 0) is 21.7 Å². The molecule has 0 N–H and O–H groups in total. The summed E-state index contributed by atoms with van der Waals surface area (Å²) in [5, 5.41) is 0. The van der Waals surface area contributed by atoms with Crippen molar-refractivity contribution in [2.24, 2.45) is 0 Å². The maximum atomic E-state index is 4.18. The van der Waals surface area contributed by atoms with E-state index in [1.165, 1.54) is 349 Å². The van der Waals surface area contributed by atoms with Gasteiger partial charge in [0.1, 0.15) is 0 Å². The van der Waals surface area contributed by atoms with Crippen molar-refractivity contribution in [2.75, 3.05) is 0 Å². The Morgan fingerprint density at radius 3 is 0.625 bits per heavy atom. The smallest absolute Gasteiger partial charge is 0.0654 e. The van der Waals surface area contributed by atoms with Gasteiger partial charge in [0.05, 0.1) is 10.8 Å². The van der Waals surface area contributed by atoms with Crippen LogP contribution in [0.25, 0.3) is 22.3 Å². The fraction of sp³-hybridized carbons (Fsp3) is 0.553. The minimum Gasteiger partial charge on any atom is -0.0654 e. The molecule has 0 unspecified atom stereocenters. The van der Waals surface area contributed by atoms with Crippen LogP contribution in [0.4, 0.5) is 0 Å². The molecule has 2 heteroatoms. The molecule has 0 atom stereocenters. The first kappa shape index (κ1) is 72.7. The van der Waals surface area contributed by atoms with Crippen LogP contribution in [-0.4, -0.2) is 0 Å². The predicted octanol–water partition coefficient (Wildman–Crippen LogP) is 30.4. The van der Waals surface area contributed by atoms with Gasteiger partial charge in [0.25, 0.3) is 0 Å². The molecule has 11 rings (SSSR count). The van der Waals surface area contributed by atoms with Crippen molar-refractivity contribution in [3.05, 3.63) is 221 Å². The molecule has 0 fully saturated rings. The average Bonchev–Trinajstić information content (AvgIpc) is 1.44. The van der Waals surface area contributed by atoms with Crippen molar-refractivity contribution in [1.29, 1.82) is 0 Å². The lowest BCUT2D eigenvalue weighted by molar-refractivity contribution is 0.371. The number of unbranched alkanes of at least 4 members (excludes halogenated alkanes) is 36. The maximum Gasteiger partial charge on any atom is 0.0720 e. The van der Waals surface area contributed by atoms with E-state index in [1.807, 2.05) is 0 Å². The molecule has 7 aromatic carbocycles. The van der Waals surface area contributed by atoms with Crippen molar-refractivity contribution < 1.29 is 0 Å². The van der Waals surface area contributed by atoms with Gasteiger partial charge in [0, 0.05) is 19.8 Å². The molecule has 514 valence electrons. The van der Waals surface area contributed by atoms with Gasteiger partial charge in [-0.1, -0.05) is 426 Å². The Bertz CT molecular complexity index is 3160. The molecule has 0 bridgehead atoms. The summed E-state index contributed by atoms with van der Waals surface area (Å²) in [5.74, 6) is 0. The third kappa shape index (κ3) is 15.4.